The summed E-state index contributed by atoms with van der Waals surface area (Å²) in [6, 6.07) is 19.5. The lowest BCUT2D eigenvalue weighted by molar-refractivity contribution is -0.118. The predicted octanol–water partition coefficient (Wildman–Crippen LogP) is 5.05. The molecule has 0 aliphatic carbocycles. The van der Waals surface area contributed by atoms with E-state index in [9.17, 15) is 13.2 Å². The number of hydrogen-bond acceptors (Lipinski definition) is 4. The summed E-state index contributed by atoms with van der Waals surface area (Å²) in [6.07, 6.45) is 1.02. The molecule has 0 heterocycles. The Hall–Kier alpha value is -2.74. The van der Waals surface area contributed by atoms with Crippen LogP contribution in [0.15, 0.2) is 66.7 Å². The summed E-state index contributed by atoms with van der Waals surface area (Å²) in [5.41, 5.74) is 2.58. The van der Waals surface area contributed by atoms with E-state index >= 15 is 0 Å². The summed E-state index contributed by atoms with van der Waals surface area (Å²) < 4.78 is 30.4. The van der Waals surface area contributed by atoms with E-state index in [0.29, 0.717) is 16.5 Å². The quantitative estimate of drug-likeness (QED) is 0.512. The first-order valence-corrected chi connectivity index (χ1v) is 11.4. The van der Waals surface area contributed by atoms with Crippen LogP contribution in [0.4, 0.5) is 11.4 Å². The number of rotatable bonds is 7. The molecule has 9 heteroatoms. The van der Waals surface area contributed by atoms with Gasteiger partial charge in [-0.15, -0.1) is 0 Å². The van der Waals surface area contributed by atoms with Crippen molar-refractivity contribution in [1.82, 2.24) is 0 Å². The van der Waals surface area contributed by atoms with Crippen molar-refractivity contribution in [3.8, 4) is 16.9 Å². The molecule has 0 fully saturated rings. The summed E-state index contributed by atoms with van der Waals surface area (Å²) in [5, 5.41) is 3.17. The van der Waals surface area contributed by atoms with E-state index in [4.69, 9.17) is 27.9 Å². The summed E-state index contributed by atoms with van der Waals surface area (Å²) >= 11 is 12.3. The zero-order chi connectivity index (χ0) is 21.7. The van der Waals surface area contributed by atoms with Crippen molar-refractivity contribution < 1.29 is 17.9 Å². The van der Waals surface area contributed by atoms with Gasteiger partial charge in [0.05, 0.1) is 22.0 Å². The number of amides is 1. The topological polar surface area (TPSA) is 84.5 Å². The number of carbonyl (C=O) groups is 1. The third-order valence-electron chi connectivity index (χ3n) is 3.95. The molecular formula is C21H18Cl2N2O4S. The van der Waals surface area contributed by atoms with Crippen LogP contribution < -0.4 is 14.8 Å². The van der Waals surface area contributed by atoms with Gasteiger partial charge in [0.1, 0.15) is 5.75 Å². The smallest absolute Gasteiger partial charge is 0.262 e. The zero-order valence-corrected chi connectivity index (χ0v) is 18.2. The Morgan fingerprint density at radius 2 is 1.67 bits per heavy atom. The maximum Gasteiger partial charge on any atom is 0.262 e. The van der Waals surface area contributed by atoms with Gasteiger partial charge in [-0.25, -0.2) is 8.42 Å². The molecule has 30 heavy (non-hydrogen) atoms. The molecule has 3 aromatic carbocycles. The van der Waals surface area contributed by atoms with E-state index in [1.807, 2.05) is 36.4 Å². The van der Waals surface area contributed by atoms with Crippen molar-refractivity contribution in [1.29, 1.82) is 0 Å². The number of carbonyl (C=O) groups excluding carboxylic acids is 1. The lowest BCUT2D eigenvalue weighted by Crippen LogP contribution is -2.20. The van der Waals surface area contributed by atoms with Gasteiger partial charge in [-0.05, 0) is 41.5 Å². The van der Waals surface area contributed by atoms with Crippen molar-refractivity contribution in [2.75, 3.05) is 22.9 Å². The van der Waals surface area contributed by atoms with Crippen LogP contribution >= 0.6 is 23.2 Å². The molecule has 3 aromatic rings. The average molecular weight is 465 g/mol. The van der Waals surface area contributed by atoms with E-state index in [1.54, 1.807) is 12.1 Å². The number of nitrogens with one attached hydrogen (secondary N) is 2. The fourth-order valence-electron chi connectivity index (χ4n) is 2.64. The van der Waals surface area contributed by atoms with Crippen molar-refractivity contribution in [3.05, 3.63) is 76.8 Å². The van der Waals surface area contributed by atoms with Crippen molar-refractivity contribution in [2.24, 2.45) is 0 Å². The second-order valence-electron chi connectivity index (χ2n) is 6.42. The van der Waals surface area contributed by atoms with Crippen molar-refractivity contribution in [3.63, 3.8) is 0 Å². The van der Waals surface area contributed by atoms with Gasteiger partial charge in [-0.1, -0.05) is 59.6 Å². The molecule has 156 valence electrons. The van der Waals surface area contributed by atoms with Gasteiger partial charge in [-0.3, -0.25) is 9.52 Å². The van der Waals surface area contributed by atoms with Gasteiger partial charge < -0.3 is 10.1 Å². The largest absolute Gasteiger partial charge is 0.482 e. The Kier molecular flexibility index (Phi) is 6.87. The highest BCUT2D eigenvalue weighted by Gasteiger charge is 2.11. The number of sulfonamides is 1. The van der Waals surface area contributed by atoms with Gasteiger partial charge in [0.2, 0.25) is 10.0 Å². The second-order valence-corrected chi connectivity index (χ2v) is 8.98. The van der Waals surface area contributed by atoms with Crippen LogP contribution in [0.5, 0.6) is 5.75 Å². The van der Waals surface area contributed by atoms with E-state index in [0.717, 1.165) is 17.4 Å². The molecule has 0 saturated carbocycles. The van der Waals surface area contributed by atoms with E-state index in [-0.39, 0.29) is 17.3 Å². The number of benzene rings is 3. The molecular weight excluding hydrogens is 447 g/mol. The van der Waals surface area contributed by atoms with Gasteiger partial charge in [0.15, 0.2) is 6.61 Å². The summed E-state index contributed by atoms with van der Waals surface area (Å²) in [5.74, 6) is -0.0321. The Balaban J connectivity index is 1.60. The SMILES string of the molecule is CS(=O)(=O)Nc1ccc(NC(=O)COc2ccc(-c3ccccc3)cc2Cl)cc1Cl. The molecule has 0 spiro atoms. The molecule has 3 rings (SSSR count). The molecule has 0 unspecified atom stereocenters. The highest BCUT2D eigenvalue weighted by molar-refractivity contribution is 7.92. The molecule has 0 radical (unpaired) electrons. The molecule has 6 nitrogen and oxygen atoms in total. The third kappa shape index (κ3) is 6.13. The monoisotopic (exact) mass is 464 g/mol. The molecule has 0 aliphatic heterocycles. The van der Waals surface area contributed by atoms with Crippen LogP contribution in [-0.4, -0.2) is 27.2 Å². The number of anilines is 2. The Morgan fingerprint density at radius 1 is 0.933 bits per heavy atom. The van der Waals surface area contributed by atoms with Gasteiger partial charge >= 0.3 is 0 Å². The lowest BCUT2D eigenvalue weighted by atomic mass is 10.1. The molecule has 1 amide bonds. The fourth-order valence-corrected chi connectivity index (χ4v) is 3.74. The molecule has 2 N–H and O–H groups in total. The third-order valence-corrected chi connectivity index (χ3v) is 5.14. The van der Waals surface area contributed by atoms with Crippen LogP contribution in [0, 0.1) is 0 Å². The van der Waals surface area contributed by atoms with E-state index in [1.165, 1.54) is 18.2 Å². The summed E-state index contributed by atoms with van der Waals surface area (Å²) in [7, 11) is -3.45. The van der Waals surface area contributed by atoms with Crippen LogP contribution in [-0.2, 0) is 14.8 Å². The van der Waals surface area contributed by atoms with Crippen molar-refractivity contribution in [2.45, 2.75) is 0 Å². The first kappa shape index (κ1) is 22.0. The van der Waals surface area contributed by atoms with Crippen LogP contribution in [0.25, 0.3) is 11.1 Å². The van der Waals surface area contributed by atoms with Crippen LogP contribution in [0.1, 0.15) is 0 Å². The molecule has 0 atom stereocenters. The molecule has 0 bridgehead atoms. The minimum absolute atomic E-state index is 0.152. The van der Waals surface area contributed by atoms with Gasteiger partial charge in [0, 0.05) is 5.69 Å². The average Bonchev–Trinajstić information content (AvgIpc) is 2.69. The Labute approximate surface area is 184 Å². The number of halogens is 2. The Bertz CT molecular complexity index is 1170. The van der Waals surface area contributed by atoms with Crippen LogP contribution in [0.3, 0.4) is 0 Å². The first-order chi connectivity index (χ1) is 14.2. The highest BCUT2D eigenvalue weighted by Crippen LogP contribution is 2.30. The fraction of sp³-hybridized carbons (Fsp3) is 0.0952. The maximum absolute atomic E-state index is 12.2. The molecule has 0 aromatic heterocycles. The first-order valence-electron chi connectivity index (χ1n) is 8.76. The number of hydrogen-bond donors (Lipinski definition) is 2. The minimum atomic E-state index is -3.45. The molecule has 0 aliphatic rings. The van der Waals surface area contributed by atoms with E-state index in [2.05, 4.69) is 10.0 Å². The zero-order valence-electron chi connectivity index (χ0n) is 15.9. The van der Waals surface area contributed by atoms with Crippen molar-refractivity contribution >= 4 is 50.5 Å². The predicted molar refractivity (Wildman–Crippen MR) is 121 cm³/mol. The minimum Gasteiger partial charge on any atom is -0.482 e. The molecule has 0 saturated heterocycles. The maximum atomic E-state index is 12.2. The lowest BCUT2D eigenvalue weighted by Gasteiger charge is -2.11. The highest BCUT2D eigenvalue weighted by atomic mass is 35.5. The standard InChI is InChI=1S/C21H18Cl2N2O4S/c1-30(27,28)25-19-9-8-16(12-17(19)22)24-21(26)13-29-20-10-7-15(11-18(20)23)14-5-3-2-4-6-14/h2-12,25H,13H2,1H3,(H,24,26). The Morgan fingerprint density at radius 3 is 2.30 bits per heavy atom. The van der Waals surface area contributed by atoms with Crippen LogP contribution in [0.2, 0.25) is 10.0 Å². The summed E-state index contributed by atoms with van der Waals surface area (Å²) in [6.45, 7) is -0.259. The second kappa shape index (κ2) is 9.38. The normalized spacial score (nSPS) is 11.0. The van der Waals surface area contributed by atoms with Gasteiger partial charge in [-0.2, -0.15) is 0 Å². The summed E-state index contributed by atoms with van der Waals surface area (Å²) in [4.78, 5) is 12.2. The number of ether oxygens (including phenoxy) is 1. The van der Waals surface area contributed by atoms with E-state index < -0.39 is 15.9 Å². The van der Waals surface area contributed by atoms with Gasteiger partial charge in [0.25, 0.3) is 5.91 Å².